The summed E-state index contributed by atoms with van der Waals surface area (Å²) >= 11 is 35.3. The molecule has 4 N–H and O–H groups in total. The maximum Gasteiger partial charge on any atom is 0.0693 e. The second-order valence-electron chi connectivity index (χ2n) is 2.90. The molecule has 0 bridgehead atoms. The van der Waals surface area contributed by atoms with E-state index < -0.39 is 32.3 Å². The van der Waals surface area contributed by atoms with Crippen LogP contribution in [0.1, 0.15) is 0 Å². The van der Waals surface area contributed by atoms with Crippen molar-refractivity contribution in [2.45, 2.75) is 32.3 Å². The van der Waals surface area contributed by atoms with Crippen LogP contribution >= 0.6 is 69.6 Å². The Bertz CT molecular complexity index is 124. The highest BCUT2D eigenvalue weighted by atomic mass is 35.5. The van der Waals surface area contributed by atoms with Crippen LogP contribution in [0.4, 0.5) is 0 Å². The molecule has 0 aliphatic heterocycles. The summed E-state index contributed by atoms with van der Waals surface area (Å²) in [5, 5.41) is -2.62. The number of hydrogen-bond donors (Lipinski definition) is 2. The van der Waals surface area contributed by atoms with Gasteiger partial charge in [-0.25, -0.2) is 0 Å². The lowest BCUT2D eigenvalue weighted by atomic mass is 9.97. The number of rotatable bonds is 0. The van der Waals surface area contributed by atoms with Gasteiger partial charge in [-0.1, -0.05) is 0 Å². The largest absolute Gasteiger partial charge is 0.319 e. The molecule has 0 radical (unpaired) electrons. The Balaban J connectivity index is 0.000000583. The Labute approximate surface area is 119 Å². The summed E-state index contributed by atoms with van der Waals surface area (Å²) in [5.41, 5.74) is 9.25. The minimum atomic E-state index is -0.437. The SMILES string of the molecule is Cl[C@H]1[C@H](Cl)[C@@H](Cl)[C@@H](Cl)[C@H](Cl)[C@H]1Cl.NCN. The molecule has 1 rings (SSSR count). The molecule has 1 aliphatic rings. The third-order valence-corrected chi connectivity index (χ3v) is 5.86. The van der Waals surface area contributed by atoms with Crippen LogP contribution in [0.2, 0.25) is 0 Å². The van der Waals surface area contributed by atoms with Gasteiger partial charge in [-0.05, 0) is 0 Å². The molecule has 0 aromatic heterocycles. The lowest BCUT2D eigenvalue weighted by molar-refractivity contribution is 0.544. The molecular weight excluding hydrogens is 325 g/mol. The molecule has 0 heterocycles. The van der Waals surface area contributed by atoms with Crippen molar-refractivity contribution in [1.82, 2.24) is 0 Å². The first kappa shape index (κ1) is 16.7. The molecule has 0 amide bonds. The van der Waals surface area contributed by atoms with E-state index in [-0.39, 0.29) is 6.67 Å². The number of alkyl halides is 6. The van der Waals surface area contributed by atoms with Crippen LogP contribution in [0, 0.1) is 0 Å². The maximum atomic E-state index is 5.88. The fraction of sp³-hybridized carbons (Fsp3) is 1.00. The normalized spacial score (nSPS) is 45.6. The Morgan fingerprint density at radius 3 is 0.667 bits per heavy atom. The van der Waals surface area contributed by atoms with Crippen LogP contribution in [0.3, 0.4) is 0 Å². The van der Waals surface area contributed by atoms with E-state index in [4.69, 9.17) is 69.6 Å². The van der Waals surface area contributed by atoms with Crippen LogP contribution in [-0.4, -0.2) is 38.9 Å². The molecule has 0 spiro atoms. The fourth-order valence-electron chi connectivity index (χ4n) is 1.05. The van der Waals surface area contributed by atoms with Crippen molar-refractivity contribution in [1.29, 1.82) is 0 Å². The smallest absolute Gasteiger partial charge is 0.0693 e. The molecule has 15 heavy (non-hydrogen) atoms. The van der Waals surface area contributed by atoms with Crippen LogP contribution < -0.4 is 11.5 Å². The van der Waals surface area contributed by atoms with Gasteiger partial charge in [0.25, 0.3) is 0 Å². The van der Waals surface area contributed by atoms with Crippen molar-refractivity contribution >= 4 is 69.6 Å². The minimum Gasteiger partial charge on any atom is -0.319 e. The summed E-state index contributed by atoms with van der Waals surface area (Å²) in [6.45, 7) is 0.250. The highest BCUT2D eigenvalue weighted by Gasteiger charge is 2.46. The molecule has 0 unspecified atom stereocenters. The summed E-state index contributed by atoms with van der Waals surface area (Å²) in [7, 11) is 0. The van der Waals surface area contributed by atoms with Crippen molar-refractivity contribution in [3.05, 3.63) is 0 Å². The Hall–Kier alpha value is 1.66. The van der Waals surface area contributed by atoms with E-state index in [9.17, 15) is 0 Å². The van der Waals surface area contributed by atoms with E-state index in [1.54, 1.807) is 0 Å². The van der Waals surface area contributed by atoms with Gasteiger partial charge in [-0.15, -0.1) is 69.6 Å². The van der Waals surface area contributed by atoms with Gasteiger partial charge in [0.05, 0.1) is 32.3 Å². The molecule has 1 fully saturated rings. The van der Waals surface area contributed by atoms with Crippen molar-refractivity contribution in [3.8, 4) is 0 Å². The first-order chi connectivity index (χ1) is 6.88. The van der Waals surface area contributed by atoms with Crippen molar-refractivity contribution in [3.63, 3.8) is 0 Å². The number of halogens is 6. The summed E-state index contributed by atoms with van der Waals surface area (Å²) in [6.07, 6.45) is 0. The molecular formula is C7H12Cl6N2. The van der Waals surface area contributed by atoms with Gasteiger partial charge >= 0.3 is 0 Å². The zero-order valence-corrected chi connectivity index (χ0v) is 12.1. The number of hydrogen-bond acceptors (Lipinski definition) is 2. The summed E-state index contributed by atoms with van der Waals surface area (Å²) in [5.74, 6) is 0. The van der Waals surface area contributed by atoms with Crippen LogP contribution in [0.15, 0.2) is 0 Å². The van der Waals surface area contributed by atoms with Gasteiger partial charge in [-0.2, -0.15) is 0 Å². The molecule has 2 nitrogen and oxygen atoms in total. The highest BCUT2D eigenvalue weighted by molar-refractivity contribution is 6.45. The highest BCUT2D eigenvalue weighted by Crippen LogP contribution is 2.39. The van der Waals surface area contributed by atoms with Gasteiger partial charge in [0.15, 0.2) is 0 Å². The Morgan fingerprint density at radius 2 is 0.600 bits per heavy atom. The Morgan fingerprint density at radius 1 is 0.533 bits per heavy atom. The van der Waals surface area contributed by atoms with Crippen molar-refractivity contribution in [2.24, 2.45) is 11.5 Å². The summed E-state index contributed by atoms with van der Waals surface area (Å²) < 4.78 is 0. The number of nitrogens with two attached hydrogens (primary N) is 2. The van der Waals surface area contributed by atoms with Crippen molar-refractivity contribution in [2.75, 3.05) is 6.67 Å². The summed E-state index contributed by atoms with van der Waals surface area (Å²) in [6, 6.07) is 0. The molecule has 0 saturated heterocycles. The lowest BCUT2D eigenvalue weighted by Crippen LogP contribution is -2.52. The van der Waals surface area contributed by atoms with E-state index in [0.717, 1.165) is 0 Å². The second kappa shape index (κ2) is 7.88. The predicted octanol–water partition coefficient (Wildman–Crippen LogP) is 2.51. The lowest BCUT2D eigenvalue weighted by Gasteiger charge is -2.37. The average molecular weight is 337 g/mol. The Kier molecular flexibility index (Phi) is 8.76. The monoisotopic (exact) mass is 334 g/mol. The van der Waals surface area contributed by atoms with E-state index in [1.807, 2.05) is 0 Å². The zero-order valence-electron chi connectivity index (χ0n) is 7.59. The molecule has 1 aliphatic carbocycles. The van der Waals surface area contributed by atoms with E-state index in [1.165, 1.54) is 0 Å². The average Bonchev–Trinajstić information content (AvgIpc) is 2.22. The third kappa shape index (κ3) is 4.44. The molecule has 0 aromatic carbocycles. The molecule has 92 valence electrons. The van der Waals surface area contributed by atoms with Crippen LogP contribution in [0.25, 0.3) is 0 Å². The van der Waals surface area contributed by atoms with Crippen molar-refractivity contribution < 1.29 is 0 Å². The first-order valence-electron chi connectivity index (χ1n) is 4.13. The van der Waals surface area contributed by atoms with Gasteiger partial charge in [0.1, 0.15) is 0 Å². The quantitative estimate of drug-likeness (QED) is 0.527. The van der Waals surface area contributed by atoms with Gasteiger partial charge in [0, 0.05) is 6.67 Å². The fourth-order valence-corrected chi connectivity index (χ4v) is 3.38. The standard InChI is InChI=1S/C6H6Cl6.CH6N2/c7-1-2(8)4(10)6(12)5(11)3(1)9;2-1-3/h1-6H;1-3H2/t1-,2-,3-,4+,5+,6+;. The molecule has 1 saturated carbocycles. The first-order valence-corrected chi connectivity index (χ1v) is 6.74. The third-order valence-electron chi connectivity index (χ3n) is 1.83. The summed E-state index contributed by atoms with van der Waals surface area (Å²) in [4.78, 5) is 0. The topological polar surface area (TPSA) is 52.0 Å². The van der Waals surface area contributed by atoms with Crippen LogP contribution in [-0.2, 0) is 0 Å². The van der Waals surface area contributed by atoms with Crippen LogP contribution in [0.5, 0.6) is 0 Å². The van der Waals surface area contributed by atoms with E-state index >= 15 is 0 Å². The second-order valence-corrected chi connectivity index (χ2v) is 5.93. The molecule has 0 atom stereocenters. The predicted molar refractivity (Wildman–Crippen MR) is 71.1 cm³/mol. The van der Waals surface area contributed by atoms with E-state index in [0.29, 0.717) is 0 Å². The zero-order chi connectivity index (χ0) is 12.2. The maximum absolute atomic E-state index is 5.88. The molecule has 0 aromatic rings. The minimum absolute atomic E-state index is 0.250. The van der Waals surface area contributed by atoms with Gasteiger partial charge < -0.3 is 11.5 Å². The molecule has 8 heteroatoms. The van der Waals surface area contributed by atoms with E-state index in [2.05, 4.69) is 11.5 Å². The van der Waals surface area contributed by atoms with Gasteiger partial charge in [-0.3, -0.25) is 0 Å². The van der Waals surface area contributed by atoms with Gasteiger partial charge in [0.2, 0.25) is 0 Å².